The second-order valence-electron chi connectivity index (χ2n) is 4.70. The molecule has 2 N–H and O–H groups in total. The van der Waals surface area contributed by atoms with E-state index in [9.17, 15) is 0 Å². The second kappa shape index (κ2) is 20.9. The van der Waals surface area contributed by atoms with Crippen LogP contribution >= 0.6 is 0 Å². The summed E-state index contributed by atoms with van der Waals surface area (Å²) in [6.07, 6.45) is 1.04. The van der Waals surface area contributed by atoms with Gasteiger partial charge >= 0.3 is 0 Å². The topological polar surface area (TPSA) is 68.2 Å². The van der Waals surface area contributed by atoms with Crippen molar-refractivity contribution in [2.75, 3.05) is 33.0 Å². The molecule has 0 aliphatic rings. The second-order valence-corrected chi connectivity index (χ2v) is 4.70. The molecule has 0 fully saturated rings. The third-order valence-corrected chi connectivity index (χ3v) is 2.16. The van der Waals surface area contributed by atoms with Crippen LogP contribution in [0.25, 0.3) is 0 Å². The molecule has 0 spiro atoms. The minimum Gasteiger partial charge on any atom is -0.391 e. The average molecular weight is 385 g/mol. The predicted molar refractivity (Wildman–Crippen MR) is 83.1 cm³/mol. The van der Waals surface area contributed by atoms with E-state index in [4.69, 9.17) is 24.4 Å². The third kappa shape index (κ3) is 26.1. The van der Waals surface area contributed by atoms with Gasteiger partial charge in [-0.05, 0) is 33.6 Å². The van der Waals surface area contributed by atoms with Gasteiger partial charge in [0.2, 0.25) is 0 Å². The maximum absolute atomic E-state index is 9.03. The summed E-state index contributed by atoms with van der Waals surface area (Å²) in [4.78, 5) is 0. The molecule has 0 aromatic carbocycles. The van der Waals surface area contributed by atoms with Gasteiger partial charge in [0.1, 0.15) is 0 Å². The smallest absolute Gasteiger partial charge is 0.0781 e. The summed E-state index contributed by atoms with van der Waals surface area (Å²) in [7, 11) is 0. The fourth-order valence-corrected chi connectivity index (χ4v) is 1.26. The minimum atomic E-state index is -0.432. The Morgan fingerprint density at radius 2 is 1.19 bits per heavy atom. The zero-order valence-corrected chi connectivity index (χ0v) is 15.2. The molecule has 3 unspecified atom stereocenters. The normalized spacial score (nSPS) is 14.1. The number of ether oxygens (including phenoxy) is 3. The molecule has 21 heavy (non-hydrogen) atoms. The van der Waals surface area contributed by atoms with Gasteiger partial charge in [0.15, 0.2) is 0 Å². The molecule has 0 bridgehead atoms. The summed E-state index contributed by atoms with van der Waals surface area (Å²) < 4.78 is 16.0. The molecule has 0 heterocycles. The molecule has 0 rings (SSSR count). The first-order valence-corrected chi connectivity index (χ1v) is 6.65. The van der Waals surface area contributed by atoms with Crippen molar-refractivity contribution in [3.8, 4) is 0 Å². The van der Waals surface area contributed by atoms with E-state index in [0.29, 0.717) is 33.0 Å². The Bertz CT molecular complexity index is 179. The number of rotatable bonds is 12. The standard InChI is InChI=1S/C13H28O5.2CH4.Y/c1-11(14)8-16-6-4-5-7-17-10-13(3)18-9-12(2)15;;;/h11-15H,4-10H2,1-3H3;2*1H4;. The van der Waals surface area contributed by atoms with Gasteiger partial charge in [-0.2, -0.15) is 0 Å². The Kier molecular flexibility index (Phi) is 29.7. The molecule has 6 heteroatoms. The Morgan fingerprint density at radius 1 is 0.762 bits per heavy atom. The van der Waals surface area contributed by atoms with E-state index >= 15 is 0 Å². The van der Waals surface area contributed by atoms with Crippen molar-refractivity contribution in [2.45, 2.75) is 66.8 Å². The summed E-state index contributed by atoms with van der Waals surface area (Å²) in [6, 6.07) is 0. The van der Waals surface area contributed by atoms with E-state index in [2.05, 4.69) is 0 Å². The van der Waals surface area contributed by atoms with Gasteiger partial charge in [-0.15, -0.1) is 0 Å². The van der Waals surface area contributed by atoms with Gasteiger partial charge in [-0.25, -0.2) is 0 Å². The molecule has 0 aliphatic heterocycles. The summed E-state index contributed by atoms with van der Waals surface area (Å²) in [6.45, 7) is 7.94. The average Bonchev–Trinajstić information content (AvgIpc) is 2.29. The summed E-state index contributed by atoms with van der Waals surface area (Å²) >= 11 is 0. The molecule has 0 aromatic rings. The van der Waals surface area contributed by atoms with Crippen molar-refractivity contribution in [1.29, 1.82) is 0 Å². The van der Waals surface area contributed by atoms with Crippen molar-refractivity contribution in [3.63, 3.8) is 0 Å². The molecule has 1 radical (unpaired) electrons. The van der Waals surface area contributed by atoms with E-state index in [-0.39, 0.29) is 53.7 Å². The molecule has 5 nitrogen and oxygen atoms in total. The Hall–Kier alpha value is 0.904. The van der Waals surface area contributed by atoms with Crippen molar-refractivity contribution >= 4 is 0 Å². The Labute approximate surface area is 156 Å². The molecular formula is C15H36O5Y. The molecule has 129 valence electrons. The largest absolute Gasteiger partial charge is 0.391 e. The first kappa shape index (κ1) is 29.9. The zero-order valence-electron chi connectivity index (χ0n) is 12.4. The van der Waals surface area contributed by atoms with Crippen molar-refractivity contribution in [1.82, 2.24) is 0 Å². The van der Waals surface area contributed by atoms with Crippen LogP contribution in [-0.4, -0.2) is 61.6 Å². The van der Waals surface area contributed by atoms with Gasteiger partial charge in [-0.1, -0.05) is 14.9 Å². The maximum atomic E-state index is 9.03. The first-order chi connectivity index (χ1) is 8.52. The van der Waals surface area contributed by atoms with Crippen LogP contribution in [0.2, 0.25) is 0 Å². The Balaban J connectivity index is -0.000000482. The fourth-order valence-electron chi connectivity index (χ4n) is 1.26. The van der Waals surface area contributed by atoms with E-state index in [1.165, 1.54) is 0 Å². The van der Waals surface area contributed by atoms with Crippen LogP contribution in [0.5, 0.6) is 0 Å². The number of hydrogen-bond acceptors (Lipinski definition) is 5. The molecule has 0 aromatic heterocycles. The SMILES string of the molecule is C.C.CC(O)COCCCCOCC(C)OCC(C)O.[Y]. The van der Waals surface area contributed by atoms with Gasteiger partial charge in [0, 0.05) is 45.9 Å². The Morgan fingerprint density at radius 3 is 1.62 bits per heavy atom. The third-order valence-electron chi connectivity index (χ3n) is 2.16. The van der Waals surface area contributed by atoms with Crippen molar-refractivity contribution < 1.29 is 57.1 Å². The zero-order chi connectivity index (χ0) is 13.8. The van der Waals surface area contributed by atoms with Crippen LogP contribution in [0.4, 0.5) is 0 Å². The fraction of sp³-hybridized carbons (Fsp3) is 1.00. The molecule has 3 atom stereocenters. The minimum absolute atomic E-state index is 0. The summed E-state index contributed by atoms with van der Waals surface area (Å²) in [5.74, 6) is 0. The van der Waals surface area contributed by atoms with E-state index in [1.807, 2.05) is 6.92 Å². The molecule has 0 saturated carbocycles. The van der Waals surface area contributed by atoms with Crippen LogP contribution in [-0.2, 0) is 46.9 Å². The van der Waals surface area contributed by atoms with Crippen LogP contribution in [0, 0.1) is 0 Å². The van der Waals surface area contributed by atoms with Crippen LogP contribution < -0.4 is 0 Å². The number of aliphatic hydroxyl groups is 2. The van der Waals surface area contributed by atoms with Gasteiger partial charge in [0.05, 0.1) is 38.1 Å². The molecule has 0 saturated heterocycles. The van der Waals surface area contributed by atoms with Crippen LogP contribution in [0.3, 0.4) is 0 Å². The number of hydrogen-bond donors (Lipinski definition) is 2. The predicted octanol–water partition coefficient (Wildman–Crippen LogP) is 2.24. The first-order valence-electron chi connectivity index (χ1n) is 6.65. The van der Waals surface area contributed by atoms with E-state index < -0.39 is 12.2 Å². The monoisotopic (exact) mass is 385 g/mol. The number of unbranched alkanes of at least 4 members (excludes halogenated alkanes) is 1. The molecule has 0 aliphatic carbocycles. The van der Waals surface area contributed by atoms with Crippen molar-refractivity contribution in [3.05, 3.63) is 0 Å². The molecular weight excluding hydrogens is 349 g/mol. The van der Waals surface area contributed by atoms with Gasteiger partial charge in [0.25, 0.3) is 0 Å². The van der Waals surface area contributed by atoms with Gasteiger partial charge in [-0.3, -0.25) is 0 Å². The number of aliphatic hydroxyl groups excluding tert-OH is 2. The quantitative estimate of drug-likeness (QED) is 0.505. The van der Waals surface area contributed by atoms with Gasteiger partial charge < -0.3 is 24.4 Å². The summed E-state index contributed by atoms with van der Waals surface area (Å²) in [5.41, 5.74) is 0. The van der Waals surface area contributed by atoms with E-state index in [0.717, 1.165) is 12.8 Å². The van der Waals surface area contributed by atoms with Crippen LogP contribution in [0.15, 0.2) is 0 Å². The van der Waals surface area contributed by atoms with Crippen molar-refractivity contribution in [2.24, 2.45) is 0 Å². The summed E-state index contributed by atoms with van der Waals surface area (Å²) in [5, 5.41) is 18.0. The van der Waals surface area contributed by atoms with E-state index in [1.54, 1.807) is 13.8 Å². The molecule has 0 amide bonds. The maximum Gasteiger partial charge on any atom is 0.0781 e. The van der Waals surface area contributed by atoms with Crippen LogP contribution in [0.1, 0.15) is 48.5 Å².